The SMILES string of the molecule is CCCCCCCn1nc(C)c([N+](=O)[O-])c1N. The van der Waals surface area contributed by atoms with E-state index < -0.39 is 4.92 Å². The van der Waals surface area contributed by atoms with Gasteiger partial charge in [-0.3, -0.25) is 10.1 Å². The minimum atomic E-state index is -0.467. The molecule has 0 aliphatic rings. The Morgan fingerprint density at radius 1 is 1.35 bits per heavy atom. The van der Waals surface area contributed by atoms with Crippen molar-refractivity contribution >= 4 is 11.5 Å². The van der Waals surface area contributed by atoms with E-state index in [1.165, 1.54) is 19.3 Å². The Morgan fingerprint density at radius 3 is 2.53 bits per heavy atom. The second-order valence-electron chi connectivity index (χ2n) is 4.21. The first-order valence-corrected chi connectivity index (χ1v) is 6.05. The van der Waals surface area contributed by atoms with Crippen molar-refractivity contribution in [2.24, 2.45) is 0 Å². The van der Waals surface area contributed by atoms with Gasteiger partial charge in [-0.05, 0) is 13.3 Å². The highest BCUT2D eigenvalue weighted by molar-refractivity contribution is 5.55. The molecule has 1 aromatic rings. The fraction of sp³-hybridized carbons (Fsp3) is 0.727. The van der Waals surface area contributed by atoms with Gasteiger partial charge in [-0.25, -0.2) is 4.68 Å². The van der Waals surface area contributed by atoms with Crippen LogP contribution >= 0.6 is 0 Å². The summed E-state index contributed by atoms with van der Waals surface area (Å²) in [6.07, 6.45) is 5.70. The number of anilines is 1. The van der Waals surface area contributed by atoms with Gasteiger partial charge in [0.2, 0.25) is 5.82 Å². The predicted octanol–water partition coefficient (Wildman–Crippen LogP) is 2.65. The molecule has 0 amide bonds. The Kier molecular flexibility index (Phi) is 4.93. The maximum atomic E-state index is 10.7. The van der Waals surface area contributed by atoms with Crippen LogP contribution in [0.25, 0.3) is 0 Å². The van der Waals surface area contributed by atoms with Gasteiger partial charge >= 0.3 is 5.69 Å². The Labute approximate surface area is 101 Å². The van der Waals surface area contributed by atoms with Crippen molar-refractivity contribution in [3.63, 3.8) is 0 Å². The van der Waals surface area contributed by atoms with Crippen molar-refractivity contribution in [1.29, 1.82) is 0 Å². The van der Waals surface area contributed by atoms with Crippen LogP contribution in [0.3, 0.4) is 0 Å². The predicted molar refractivity (Wildman–Crippen MR) is 66.8 cm³/mol. The van der Waals surface area contributed by atoms with Gasteiger partial charge in [0, 0.05) is 6.54 Å². The van der Waals surface area contributed by atoms with Gasteiger partial charge < -0.3 is 5.73 Å². The van der Waals surface area contributed by atoms with Gasteiger partial charge in [0.15, 0.2) is 0 Å². The number of nitrogens with two attached hydrogens (primary N) is 1. The molecule has 0 fully saturated rings. The largest absolute Gasteiger partial charge is 0.378 e. The topological polar surface area (TPSA) is 87.0 Å². The number of aryl methyl sites for hydroxylation is 2. The number of hydrogen-bond acceptors (Lipinski definition) is 4. The van der Waals surface area contributed by atoms with E-state index in [2.05, 4.69) is 12.0 Å². The van der Waals surface area contributed by atoms with Gasteiger partial charge in [-0.2, -0.15) is 5.10 Å². The van der Waals surface area contributed by atoms with Gasteiger partial charge in [-0.15, -0.1) is 0 Å². The molecule has 0 saturated carbocycles. The third-order valence-corrected chi connectivity index (χ3v) is 2.79. The maximum Gasteiger partial charge on any atom is 0.333 e. The molecule has 2 N–H and O–H groups in total. The highest BCUT2D eigenvalue weighted by Crippen LogP contribution is 2.25. The molecular formula is C11H20N4O2. The monoisotopic (exact) mass is 240 g/mol. The molecule has 0 radical (unpaired) electrons. The van der Waals surface area contributed by atoms with Crippen molar-refractivity contribution in [3.8, 4) is 0 Å². The van der Waals surface area contributed by atoms with Crippen molar-refractivity contribution in [2.45, 2.75) is 52.5 Å². The van der Waals surface area contributed by atoms with Crippen LogP contribution in [-0.2, 0) is 6.54 Å². The molecule has 0 spiro atoms. The van der Waals surface area contributed by atoms with E-state index in [-0.39, 0.29) is 11.5 Å². The van der Waals surface area contributed by atoms with Crippen LogP contribution in [0.1, 0.15) is 44.7 Å². The Morgan fingerprint density at radius 2 is 2.00 bits per heavy atom. The van der Waals surface area contributed by atoms with E-state index in [1.54, 1.807) is 11.6 Å². The van der Waals surface area contributed by atoms with Crippen LogP contribution in [0.5, 0.6) is 0 Å². The zero-order chi connectivity index (χ0) is 12.8. The molecular weight excluding hydrogens is 220 g/mol. The van der Waals surface area contributed by atoms with Crippen LogP contribution in [-0.4, -0.2) is 14.7 Å². The smallest absolute Gasteiger partial charge is 0.333 e. The number of unbranched alkanes of at least 4 members (excludes halogenated alkanes) is 4. The third-order valence-electron chi connectivity index (χ3n) is 2.79. The quantitative estimate of drug-likeness (QED) is 0.451. The zero-order valence-electron chi connectivity index (χ0n) is 10.5. The maximum absolute atomic E-state index is 10.7. The van der Waals surface area contributed by atoms with E-state index in [9.17, 15) is 10.1 Å². The van der Waals surface area contributed by atoms with E-state index in [0.717, 1.165) is 12.8 Å². The molecule has 6 heteroatoms. The minimum absolute atomic E-state index is 0.0569. The summed E-state index contributed by atoms with van der Waals surface area (Å²) in [6.45, 7) is 4.44. The lowest BCUT2D eigenvalue weighted by molar-refractivity contribution is -0.384. The molecule has 1 aromatic heterocycles. The molecule has 0 atom stereocenters. The average Bonchev–Trinajstić information content (AvgIpc) is 2.53. The molecule has 0 unspecified atom stereocenters. The first-order valence-electron chi connectivity index (χ1n) is 6.05. The van der Waals surface area contributed by atoms with E-state index >= 15 is 0 Å². The molecule has 0 saturated heterocycles. The Hall–Kier alpha value is -1.59. The van der Waals surface area contributed by atoms with Crippen LogP contribution in [0.15, 0.2) is 0 Å². The molecule has 6 nitrogen and oxygen atoms in total. The molecule has 96 valence electrons. The summed E-state index contributed by atoms with van der Waals surface area (Å²) in [5.41, 5.74) is 6.04. The first-order chi connectivity index (χ1) is 8.07. The van der Waals surface area contributed by atoms with Gasteiger partial charge in [-0.1, -0.05) is 32.6 Å². The Balaban J connectivity index is 2.55. The van der Waals surface area contributed by atoms with Crippen molar-refractivity contribution in [2.75, 3.05) is 5.73 Å². The summed E-state index contributed by atoms with van der Waals surface area (Å²) in [7, 11) is 0. The summed E-state index contributed by atoms with van der Waals surface area (Å²) in [6, 6.07) is 0. The number of nitro groups is 1. The number of hydrogen-bond donors (Lipinski definition) is 1. The van der Waals surface area contributed by atoms with Crippen molar-refractivity contribution < 1.29 is 4.92 Å². The molecule has 0 aliphatic heterocycles. The van der Waals surface area contributed by atoms with Gasteiger partial charge in [0.1, 0.15) is 5.69 Å². The molecule has 1 heterocycles. The van der Waals surface area contributed by atoms with E-state index in [4.69, 9.17) is 5.73 Å². The average molecular weight is 240 g/mol. The molecule has 0 aromatic carbocycles. The normalized spacial score (nSPS) is 10.7. The summed E-state index contributed by atoms with van der Waals surface area (Å²) in [5.74, 6) is 0.169. The molecule has 0 aliphatic carbocycles. The van der Waals surface area contributed by atoms with Crippen LogP contribution in [0.4, 0.5) is 11.5 Å². The van der Waals surface area contributed by atoms with Crippen LogP contribution in [0.2, 0.25) is 0 Å². The van der Waals surface area contributed by atoms with Crippen LogP contribution < -0.4 is 5.73 Å². The van der Waals surface area contributed by atoms with Crippen molar-refractivity contribution in [1.82, 2.24) is 9.78 Å². The first kappa shape index (κ1) is 13.5. The van der Waals surface area contributed by atoms with Gasteiger partial charge in [0.25, 0.3) is 0 Å². The second kappa shape index (κ2) is 6.22. The lowest BCUT2D eigenvalue weighted by Crippen LogP contribution is -2.05. The second-order valence-corrected chi connectivity index (χ2v) is 4.21. The minimum Gasteiger partial charge on any atom is -0.378 e. The lowest BCUT2D eigenvalue weighted by Gasteiger charge is -2.02. The summed E-state index contributed by atoms with van der Waals surface area (Å²) in [4.78, 5) is 10.3. The molecule has 0 bridgehead atoms. The van der Waals surface area contributed by atoms with Crippen molar-refractivity contribution in [3.05, 3.63) is 15.8 Å². The fourth-order valence-electron chi connectivity index (χ4n) is 1.85. The highest BCUT2D eigenvalue weighted by Gasteiger charge is 2.22. The number of nitrogens with zero attached hydrogens (tertiary/aromatic N) is 3. The molecule has 17 heavy (non-hydrogen) atoms. The fourth-order valence-corrected chi connectivity index (χ4v) is 1.85. The Bertz CT molecular complexity index is 387. The standard InChI is InChI=1S/C11H20N4O2/c1-3-4-5-6-7-8-14-11(12)10(15(16)17)9(2)13-14/h3-8,12H2,1-2H3. The summed E-state index contributed by atoms with van der Waals surface area (Å²) in [5, 5.41) is 14.8. The van der Waals surface area contributed by atoms with Gasteiger partial charge in [0.05, 0.1) is 4.92 Å². The summed E-state index contributed by atoms with van der Waals surface area (Å²) < 4.78 is 1.54. The van der Waals surface area contributed by atoms with E-state index in [0.29, 0.717) is 12.2 Å². The zero-order valence-corrected chi connectivity index (χ0v) is 10.5. The highest BCUT2D eigenvalue weighted by atomic mass is 16.6. The molecule has 1 rings (SSSR count). The number of aromatic nitrogens is 2. The van der Waals surface area contributed by atoms with Crippen LogP contribution in [0, 0.1) is 17.0 Å². The number of nitrogen functional groups attached to an aromatic ring is 1. The summed E-state index contributed by atoms with van der Waals surface area (Å²) >= 11 is 0. The van der Waals surface area contributed by atoms with E-state index in [1.807, 2.05) is 0 Å². The lowest BCUT2D eigenvalue weighted by atomic mass is 10.1. The number of rotatable bonds is 7. The third kappa shape index (κ3) is 3.44.